The van der Waals surface area contributed by atoms with Crippen LogP contribution in [-0.2, 0) is 0 Å². The molecule has 0 spiro atoms. The number of hydrogen-bond donors (Lipinski definition) is 3. The van der Waals surface area contributed by atoms with Crippen molar-refractivity contribution in [3.63, 3.8) is 0 Å². The van der Waals surface area contributed by atoms with Crippen molar-refractivity contribution in [1.29, 1.82) is 0 Å². The molecule has 2 aromatic heterocycles. The second kappa shape index (κ2) is 5.88. The minimum absolute atomic E-state index is 0.282. The zero-order chi connectivity index (χ0) is 18.4. The van der Waals surface area contributed by atoms with Crippen LogP contribution in [0.1, 0.15) is 16.1 Å². The van der Waals surface area contributed by atoms with E-state index >= 15 is 0 Å². The van der Waals surface area contributed by atoms with Gasteiger partial charge in [0.25, 0.3) is 0 Å². The van der Waals surface area contributed by atoms with Gasteiger partial charge in [0.2, 0.25) is 5.95 Å². The Labute approximate surface area is 154 Å². The van der Waals surface area contributed by atoms with E-state index in [9.17, 15) is 4.79 Å². The van der Waals surface area contributed by atoms with Crippen LogP contribution in [0.5, 0.6) is 0 Å². The van der Waals surface area contributed by atoms with Crippen LogP contribution >= 0.6 is 0 Å². The molecule has 0 aliphatic rings. The molecule has 27 heavy (non-hydrogen) atoms. The average Bonchev–Trinajstić information content (AvgIpc) is 3.27. The molecule has 0 bridgehead atoms. The lowest BCUT2D eigenvalue weighted by molar-refractivity contribution is 0.0936. The normalized spacial score (nSPS) is 11.3. The molecule has 3 aromatic carbocycles. The highest BCUT2D eigenvalue weighted by Crippen LogP contribution is 2.31. The predicted octanol–water partition coefficient (Wildman–Crippen LogP) is 4.53. The molecular weight excluding hydrogens is 340 g/mol. The van der Waals surface area contributed by atoms with Gasteiger partial charge in [0.1, 0.15) is 5.58 Å². The summed E-state index contributed by atoms with van der Waals surface area (Å²) in [5.41, 5.74) is 8.70. The van der Waals surface area contributed by atoms with Crippen molar-refractivity contribution in [3.05, 3.63) is 72.0 Å². The van der Waals surface area contributed by atoms with Crippen molar-refractivity contribution in [2.75, 3.05) is 5.43 Å². The third kappa shape index (κ3) is 2.50. The molecule has 0 unspecified atom stereocenters. The average molecular weight is 356 g/mol. The first kappa shape index (κ1) is 15.5. The largest absolute Gasteiger partial charge is 0.450 e. The molecule has 0 fully saturated rings. The summed E-state index contributed by atoms with van der Waals surface area (Å²) >= 11 is 0. The number of para-hydroxylation sites is 2. The summed E-state index contributed by atoms with van der Waals surface area (Å²) in [6.07, 6.45) is 0. The van der Waals surface area contributed by atoms with Gasteiger partial charge in [-0.15, -0.1) is 0 Å². The molecule has 0 aliphatic heterocycles. The number of nitrogens with zero attached hydrogens (tertiary/aromatic N) is 1. The smallest absolute Gasteiger partial charge is 0.305 e. The number of hydrazine groups is 1. The topological polar surface area (TPSA) is 83.0 Å². The van der Waals surface area contributed by atoms with E-state index in [0.717, 1.165) is 38.3 Å². The van der Waals surface area contributed by atoms with Gasteiger partial charge in [0, 0.05) is 16.3 Å². The fourth-order valence-corrected chi connectivity index (χ4v) is 3.35. The Kier molecular flexibility index (Phi) is 3.36. The Hall–Kier alpha value is -3.80. The lowest BCUT2D eigenvalue weighted by atomic mass is 10.1. The van der Waals surface area contributed by atoms with Crippen molar-refractivity contribution >= 4 is 44.6 Å². The van der Waals surface area contributed by atoms with E-state index in [1.54, 1.807) is 0 Å². The van der Waals surface area contributed by atoms with Gasteiger partial charge in [-0.3, -0.25) is 15.6 Å². The number of fused-ring (bicyclic) bond motifs is 4. The molecule has 5 rings (SSSR count). The lowest BCUT2D eigenvalue weighted by Crippen LogP contribution is -2.30. The van der Waals surface area contributed by atoms with Crippen LogP contribution < -0.4 is 10.9 Å². The number of aryl methyl sites for hydroxylation is 1. The minimum atomic E-state index is -0.353. The van der Waals surface area contributed by atoms with E-state index in [0.29, 0.717) is 5.95 Å². The number of hydrogen-bond acceptors (Lipinski definition) is 4. The Morgan fingerprint density at radius 1 is 1.00 bits per heavy atom. The molecule has 2 heterocycles. The quantitative estimate of drug-likeness (QED) is 0.415. The maximum atomic E-state index is 12.7. The highest BCUT2D eigenvalue weighted by Gasteiger charge is 2.19. The van der Waals surface area contributed by atoms with Gasteiger partial charge in [-0.2, -0.15) is 0 Å². The molecule has 1 amide bonds. The molecular formula is C21H16N4O2. The number of carbonyl (C=O) groups is 1. The minimum Gasteiger partial charge on any atom is -0.450 e. The monoisotopic (exact) mass is 356 g/mol. The van der Waals surface area contributed by atoms with Gasteiger partial charge in [0.05, 0.1) is 11.0 Å². The van der Waals surface area contributed by atoms with Crippen molar-refractivity contribution < 1.29 is 9.21 Å². The molecule has 0 saturated heterocycles. The van der Waals surface area contributed by atoms with E-state index < -0.39 is 0 Å². The molecule has 0 radical (unpaired) electrons. The summed E-state index contributed by atoms with van der Waals surface area (Å²) in [6, 6.07) is 19.6. The van der Waals surface area contributed by atoms with Crippen LogP contribution in [0.15, 0.2) is 65.1 Å². The Balaban J connectivity index is 1.46. The van der Waals surface area contributed by atoms with Crippen LogP contribution in [0.2, 0.25) is 0 Å². The summed E-state index contributed by atoms with van der Waals surface area (Å²) in [4.78, 5) is 20.1. The standard InChI is InChI=1S/C21H16N4O2/c1-12-14-11-10-13-6-2-3-7-15(13)19(14)27-18(12)20(26)24-25-21-22-16-8-4-5-9-17(16)23-21/h2-11H,1H3,(H,24,26)(H2,22,23,25). The Bertz CT molecular complexity index is 1280. The van der Waals surface area contributed by atoms with Gasteiger partial charge in [-0.1, -0.05) is 48.5 Å². The number of imidazole rings is 1. The zero-order valence-corrected chi connectivity index (χ0v) is 14.5. The first-order chi connectivity index (χ1) is 13.2. The number of H-pyrrole nitrogens is 1. The zero-order valence-electron chi connectivity index (χ0n) is 14.5. The van der Waals surface area contributed by atoms with Gasteiger partial charge in [0.15, 0.2) is 5.76 Å². The third-order valence-electron chi connectivity index (χ3n) is 4.72. The lowest BCUT2D eigenvalue weighted by Gasteiger charge is -2.04. The van der Waals surface area contributed by atoms with E-state index in [2.05, 4.69) is 20.8 Å². The number of amides is 1. The van der Waals surface area contributed by atoms with Gasteiger partial charge in [-0.25, -0.2) is 4.98 Å². The van der Waals surface area contributed by atoms with E-state index in [1.807, 2.05) is 67.6 Å². The summed E-state index contributed by atoms with van der Waals surface area (Å²) in [5, 5.41) is 3.00. The molecule has 0 saturated carbocycles. The van der Waals surface area contributed by atoms with Gasteiger partial charge in [-0.05, 0) is 24.4 Å². The number of nitrogens with one attached hydrogen (secondary N) is 3. The number of rotatable bonds is 3. The summed E-state index contributed by atoms with van der Waals surface area (Å²) in [7, 11) is 0. The molecule has 0 atom stereocenters. The summed E-state index contributed by atoms with van der Waals surface area (Å²) in [6.45, 7) is 1.89. The van der Waals surface area contributed by atoms with E-state index in [1.165, 1.54) is 0 Å². The second-order valence-corrected chi connectivity index (χ2v) is 6.40. The van der Waals surface area contributed by atoms with Crippen molar-refractivity contribution in [2.45, 2.75) is 6.92 Å². The maximum Gasteiger partial charge on any atom is 0.305 e. The van der Waals surface area contributed by atoms with Crippen LogP contribution in [0.3, 0.4) is 0 Å². The molecule has 3 N–H and O–H groups in total. The Morgan fingerprint density at radius 3 is 2.70 bits per heavy atom. The predicted molar refractivity (Wildman–Crippen MR) is 106 cm³/mol. The molecule has 5 aromatic rings. The first-order valence-corrected chi connectivity index (χ1v) is 8.62. The second-order valence-electron chi connectivity index (χ2n) is 6.40. The first-order valence-electron chi connectivity index (χ1n) is 8.62. The van der Waals surface area contributed by atoms with E-state index in [4.69, 9.17) is 4.42 Å². The van der Waals surface area contributed by atoms with Crippen molar-refractivity contribution in [1.82, 2.24) is 15.4 Å². The number of anilines is 1. The molecule has 132 valence electrons. The van der Waals surface area contributed by atoms with Crippen molar-refractivity contribution in [3.8, 4) is 0 Å². The molecule has 6 heteroatoms. The third-order valence-corrected chi connectivity index (χ3v) is 4.72. The van der Waals surface area contributed by atoms with E-state index in [-0.39, 0.29) is 11.7 Å². The van der Waals surface area contributed by atoms with Gasteiger partial charge < -0.3 is 9.40 Å². The SMILES string of the molecule is Cc1c(C(=O)NNc2nc3ccccc3[nH]2)oc2c1ccc1ccccc12. The highest BCUT2D eigenvalue weighted by molar-refractivity contribution is 6.09. The number of carbonyl (C=O) groups excluding carboxylic acids is 1. The number of furan rings is 1. The maximum absolute atomic E-state index is 12.7. The number of aromatic amines is 1. The van der Waals surface area contributed by atoms with Gasteiger partial charge >= 0.3 is 5.91 Å². The number of aromatic nitrogens is 2. The fraction of sp³-hybridized carbons (Fsp3) is 0.0476. The Morgan fingerprint density at radius 2 is 1.81 bits per heavy atom. The summed E-state index contributed by atoms with van der Waals surface area (Å²) in [5.74, 6) is 0.391. The fourth-order valence-electron chi connectivity index (χ4n) is 3.35. The van der Waals surface area contributed by atoms with Crippen LogP contribution in [0.25, 0.3) is 32.8 Å². The van der Waals surface area contributed by atoms with Crippen LogP contribution in [-0.4, -0.2) is 15.9 Å². The summed E-state index contributed by atoms with van der Waals surface area (Å²) < 4.78 is 5.94. The highest BCUT2D eigenvalue weighted by atomic mass is 16.3. The van der Waals surface area contributed by atoms with Crippen molar-refractivity contribution in [2.24, 2.45) is 0 Å². The molecule has 6 nitrogen and oxygen atoms in total. The van der Waals surface area contributed by atoms with Crippen LogP contribution in [0.4, 0.5) is 5.95 Å². The molecule has 0 aliphatic carbocycles. The number of benzene rings is 3. The van der Waals surface area contributed by atoms with Crippen LogP contribution in [0, 0.1) is 6.92 Å².